The lowest BCUT2D eigenvalue weighted by Gasteiger charge is -2.09. The Balaban J connectivity index is 1.71. The van der Waals surface area contributed by atoms with Crippen LogP contribution in [0.2, 0.25) is 0 Å². The number of benzene rings is 1. The quantitative estimate of drug-likeness (QED) is 0.425. The summed E-state index contributed by atoms with van der Waals surface area (Å²) in [4.78, 5) is 24.0. The van der Waals surface area contributed by atoms with Crippen LogP contribution in [-0.2, 0) is 19.4 Å². The van der Waals surface area contributed by atoms with E-state index in [-0.39, 0.29) is 17.1 Å². The molecular formula is C21H20N2O6S. The Bertz CT molecular complexity index is 1120. The Kier molecular flexibility index (Phi) is 6.37. The fraction of sp³-hybridized carbons (Fsp3) is 0.286. The lowest BCUT2D eigenvalue weighted by molar-refractivity contribution is -0.117. The molecule has 1 aromatic heterocycles. The average Bonchev–Trinajstić information content (AvgIpc) is 3.32. The Morgan fingerprint density at radius 2 is 2.00 bits per heavy atom. The standard InChI is InChI=1S/C21H20N2O6S/c1-2-28-21(25)15-5-3-14(4-6-15)19-8-7-18(29-19)11-16(12-22)20(24)23-17-9-10-30(26,27)13-17/h3-8,11,17H,2,9-10,13H2,1H3,(H,23,24)/b16-11-. The summed E-state index contributed by atoms with van der Waals surface area (Å²) in [7, 11) is -3.14. The number of rotatable bonds is 6. The molecule has 1 amide bonds. The highest BCUT2D eigenvalue weighted by Crippen LogP contribution is 2.24. The van der Waals surface area contributed by atoms with Gasteiger partial charge in [0.1, 0.15) is 23.2 Å². The highest BCUT2D eigenvalue weighted by atomic mass is 32.2. The van der Waals surface area contributed by atoms with E-state index in [9.17, 15) is 23.3 Å². The number of nitrogens with zero attached hydrogens (tertiary/aromatic N) is 1. The maximum absolute atomic E-state index is 12.3. The fourth-order valence-electron chi connectivity index (χ4n) is 3.03. The molecule has 1 fully saturated rings. The minimum Gasteiger partial charge on any atom is -0.462 e. The van der Waals surface area contributed by atoms with Gasteiger partial charge in [-0.1, -0.05) is 12.1 Å². The maximum Gasteiger partial charge on any atom is 0.338 e. The molecule has 0 aliphatic carbocycles. The molecule has 9 heteroatoms. The number of ether oxygens (including phenoxy) is 1. The van der Waals surface area contributed by atoms with Crippen LogP contribution in [0.15, 0.2) is 46.4 Å². The second kappa shape index (κ2) is 8.97. The van der Waals surface area contributed by atoms with E-state index in [1.165, 1.54) is 6.08 Å². The lowest BCUT2D eigenvalue weighted by Crippen LogP contribution is -2.36. The van der Waals surface area contributed by atoms with Crippen molar-refractivity contribution in [2.75, 3.05) is 18.1 Å². The first-order valence-corrected chi connectivity index (χ1v) is 11.1. The van der Waals surface area contributed by atoms with Crippen molar-refractivity contribution in [1.82, 2.24) is 5.32 Å². The van der Waals surface area contributed by atoms with Crippen LogP contribution in [0.3, 0.4) is 0 Å². The van der Waals surface area contributed by atoms with Gasteiger partial charge in [0.05, 0.1) is 23.7 Å². The summed E-state index contributed by atoms with van der Waals surface area (Å²) < 4.78 is 33.6. The van der Waals surface area contributed by atoms with Crippen molar-refractivity contribution >= 4 is 27.8 Å². The van der Waals surface area contributed by atoms with Crippen molar-refractivity contribution in [2.24, 2.45) is 0 Å². The topological polar surface area (TPSA) is 126 Å². The predicted octanol–water partition coefficient (Wildman–Crippen LogP) is 2.33. The van der Waals surface area contributed by atoms with E-state index in [2.05, 4.69) is 5.32 Å². The molecule has 0 radical (unpaired) electrons. The van der Waals surface area contributed by atoms with E-state index in [1.54, 1.807) is 43.3 Å². The molecule has 1 aliphatic heterocycles. The molecule has 8 nitrogen and oxygen atoms in total. The monoisotopic (exact) mass is 428 g/mol. The number of nitriles is 1. The summed E-state index contributed by atoms with van der Waals surface area (Å²) in [6.45, 7) is 2.02. The van der Waals surface area contributed by atoms with Crippen molar-refractivity contribution in [3.8, 4) is 17.4 Å². The fourth-order valence-corrected chi connectivity index (χ4v) is 4.71. The van der Waals surface area contributed by atoms with Crippen LogP contribution in [0.1, 0.15) is 29.5 Å². The van der Waals surface area contributed by atoms with Gasteiger partial charge in [-0.25, -0.2) is 13.2 Å². The summed E-state index contributed by atoms with van der Waals surface area (Å²) in [5.41, 5.74) is 0.948. The smallest absolute Gasteiger partial charge is 0.338 e. The molecule has 2 heterocycles. The number of furan rings is 1. The molecule has 1 saturated heterocycles. The summed E-state index contributed by atoms with van der Waals surface area (Å²) in [6, 6.07) is 11.3. The molecule has 0 bridgehead atoms. The van der Waals surface area contributed by atoms with Gasteiger partial charge >= 0.3 is 5.97 Å². The second-order valence-corrected chi connectivity index (χ2v) is 8.97. The van der Waals surface area contributed by atoms with Gasteiger partial charge in [-0.2, -0.15) is 5.26 Å². The maximum atomic E-state index is 12.3. The molecule has 30 heavy (non-hydrogen) atoms. The van der Waals surface area contributed by atoms with E-state index < -0.39 is 27.8 Å². The largest absolute Gasteiger partial charge is 0.462 e. The second-order valence-electron chi connectivity index (χ2n) is 6.74. The molecule has 3 rings (SSSR count). The number of carbonyl (C=O) groups is 2. The van der Waals surface area contributed by atoms with Crippen LogP contribution >= 0.6 is 0 Å². The number of hydrogen-bond acceptors (Lipinski definition) is 7. The SMILES string of the molecule is CCOC(=O)c1ccc(-c2ccc(/C=C(/C#N)C(=O)NC3CCS(=O)(=O)C3)o2)cc1. The van der Waals surface area contributed by atoms with Gasteiger partial charge < -0.3 is 14.5 Å². The van der Waals surface area contributed by atoms with E-state index in [0.29, 0.717) is 35.7 Å². The molecule has 1 atom stereocenters. The van der Waals surface area contributed by atoms with Crippen molar-refractivity contribution in [3.63, 3.8) is 0 Å². The zero-order valence-corrected chi connectivity index (χ0v) is 17.1. The van der Waals surface area contributed by atoms with Crippen molar-refractivity contribution in [2.45, 2.75) is 19.4 Å². The van der Waals surface area contributed by atoms with Gasteiger partial charge in [0.2, 0.25) is 0 Å². The van der Waals surface area contributed by atoms with Gasteiger partial charge in [-0.3, -0.25) is 4.79 Å². The van der Waals surface area contributed by atoms with E-state index in [1.807, 2.05) is 6.07 Å². The van der Waals surface area contributed by atoms with Crippen molar-refractivity contribution in [1.29, 1.82) is 5.26 Å². The van der Waals surface area contributed by atoms with Crippen LogP contribution in [0.5, 0.6) is 0 Å². The number of hydrogen-bond donors (Lipinski definition) is 1. The van der Waals surface area contributed by atoms with Crippen LogP contribution < -0.4 is 5.32 Å². The molecule has 1 unspecified atom stereocenters. The zero-order chi connectivity index (χ0) is 21.7. The Hall–Kier alpha value is -3.38. The van der Waals surface area contributed by atoms with Gasteiger partial charge in [0, 0.05) is 17.7 Å². The molecule has 2 aromatic rings. The summed E-state index contributed by atoms with van der Waals surface area (Å²) in [5.74, 6) is -0.353. The normalized spacial score (nSPS) is 17.9. The van der Waals surface area contributed by atoms with Crippen molar-refractivity contribution in [3.05, 3.63) is 53.3 Å². The van der Waals surface area contributed by atoms with Gasteiger partial charge in [-0.05, 0) is 37.6 Å². The highest BCUT2D eigenvalue weighted by Gasteiger charge is 2.29. The number of amides is 1. The van der Waals surface area contributed by atoms with Crippen LogP contribution in [-0.4, -0.2) is 44.4 Å². The molecule has 1 N–H and O–H groups in total. The summed E-state index contributed by atoms with van der Waals surface area (Å²) in [6.07, 6.45) is 1.63. The Labute approximate surface area is 174 Å². The molecule has 0 saturated carbocycles. The predicted molar refractivity (Wildman–Crippen MR) is 109 cm³/mol. The third-order valence-corrected chi connectivity index (χ3v) is 6.29. The minimum absolute atomic E-state index is 0.0278. The van der Waals surface area contributed by atoms with Gasteiger partial charge in [0.25, 0.3) is 5.91 Å². The van der Waals surface area contributed by atoms with Crippen LogP contribution in [0.4, 0.5) is 0 Å². The number of esters is 1. The first kappa shape index (κ1) is 21.3. The van der Waals surface area contributed by atoms with Crippen LogP contribution in [0, 0.1) is 11.3 Å². The Morgan fingerprint density at radius 3 is 2.60 bits per heavy atom. The Morgan fingerprint density at radius 1 is 1.27 bits per heavy atom. The number of carbonyl (C=O) groups excluding carboxylic acids is 2. The molecule has 156 valence electrons. The molecule has 1 aliphatic rings. The minimum atomic E-state index is -3.14. The van der Waals surface area contributed by atoms with E-state index in [0.717, 1.165) is 0 Å². The molecule has 1 aromatic carbocycles. The van der Waals surface area contributed by atoms with Crippen LogP contribution in [0.25, 0.3) is 17.4 Å². The first-order chi connectivity index (χ1) is 14.3. The number of nitrogens with one attached hydrogen (secondary N) is 1. The number of sulfone groups is 1. The third-order valence-electron chi connectivity index (χ3n) is 4.53. The van der Waals surface area contributed by atoms with E-state index >= 15 is 0 Å². The first-order valence-electron chi connectivity index (χ1n) is 9.32. The van der Waals surface area contributed by atoms with E-state index in [4.69, 9.17) is 9.15 Å². The zero-order valence-electron chi connectivity index (χ0n) is 16.3. The average molecular weight is 428 g/mol. The van der Waals surface area contributed by atoms with Gasteiger partial charge in [-0.15, -0.1) is 0 Å². The molecule has 0 spiro atoms. The summed E-state index contributed by atoms with van der Waals surface area (Å²) in [5, 5.41) is 11.9. The summed E-state index contributed by atoms with van der Waals surface area (Å²) >= 11 is 0. The lowest BCUT2D eigenvalue weighted by atomic mass is 10.1. The van der Waals surface area contributed by atoms with Gasteiger partial charge in [0.15, 0.2) is 9.84 Å². The van der Waals surface area contributed by atoms with Crippen molar-refractivity contribution < 1.29 is 27.2 Å². The highest BCUT2D eigenvalue weighted by molar-refractivity contribution is 7.91. The third kappa shape index (κ3) is 5.15. The molecular weight excluding hydrogens is 408 g/mol.